The van der Waals surface area contributed by atoms with Gasteiger partial charge < -0.3 is 20.7 Å². The molecule has 10 nitrogen and oxygen atoms in total. The van der Waals surface area contributed by atoms with Crippen LogP contribution in [0.1, 0.15) is 28.9 Å². The molecule has 5 rings (SSSR count). The molecule has 0 bridgehead atoms. The second kappa shape index (κ2) is 9.83. The number of aryl methyl sites for hydroxylation is 1. The largest absolute Gasteiger partial charge is 0.496 e. The number of nitrogens with zero attached hydrogens (tertiary/aromatic N) is 6. The number of rotatable bonds is 5. The highest BCUT2D eigenvalue weighted by atomic mass is 19.1. The molecular weight excluding hydrogens is 475 g/mol. The van der Waals surface area contributed by atoms with Gasteiger partial charge in [-0.25, -0.2) is 14.4 Å². The summed E-state index contributed by atoms with van der Waals surface area (Å²) in [6.45, 7) is 1.35. The first kappa shape index (κ1) is 24.1. The van der Waals surface area contributed by atoms with Gasteiger partial charge in [-0.05, 0) is 37.1 Å². The van der Waals surface area contributed by atoms with Crippen LogP contribution in [0, 0.1) is 17.1 Å². The Hall–Kier alpha value is -4.56. The number of ether oxygens (including phenoxy) is 1. The van der Waals surface area contributed by atoms with E-state index in [1.807, 2.05) is 0 Å². The zero-order valence-corrected chi connectivity index (χ0v) is 20.4. The van der Waals surface area contributed by atoms with Crippen molar-refractivity contribution in [3.63, 3.8) is 0 Å². The second-order valence-corrected chi connectivity index (χ2v) is 8.85. The monoisotopic (exact) mass is 500 g/mol. The predicted octanol–water partition coefficient (Wildman–Crippen LogP) is 3.23. The van der Waals surface area contributed by atoms with Crippen LogP contribution in [-0.2, 0) is 7.05 Å². The summed E-state index contributed by atoms with van der Waals surface area (Å²) in [7, 11) is 3.19. The highest BCUT2D eigenvalue weighted by molar-refractivity contribution is 6.10. The number of carbonyl (C=O) groups excluding carboxylic acids is 1. The Morgan fingerprint density at radius 3 is 2.95 bits per heavy atom. The average Bonchev–Trinajstić information content (AvgIpc) is 3.29. The number of piperidine rings is 1. The van der Waals surface area contributed by atoms with Gasteiger partial charge in [-0.3, -0.25) is 9.48 Å². The quantitative estimate of drug-likeness (QED) is 0.426. The summed E-state index contributed by atoms with van der Waals surface area (Å²) in [5.41, 5.74) is 8.58. The molecule has 1 aliphatic rings. The van der Waals surface area contributed by atoms with E-state index in [4.69, 9.17) is 10.5 Å². The number of halogens is 1. The second-order valence-electron chi connectivity index (χ2n) is 8.85. The molecule has 1 unspecified atom stereocenters. The van der Waals surface area contributed by atoms with E-state index in [2.05, 4.69) is 31.4 Å². The van der Waals surface area contributed by atoms with Crippen molar-refractivity contribution in [3.8, 4) is 23.2 Å². The zero-order chi connectivity index (χ0) is 26.1. The first-order chi connectivity index (χ1) is 17.9. The molecule has 11 heteroatoms. The number of aromatic nitrogens is 4. The van der Waals surface area contributed by atoms with Crippen molar-refractivity contribution in [3.05, 3.63) is 59.8 Å². The number of carbonyl (C=O) groups is 1. The van der Waals surface area contributed by atoms with Crippen molar-refractivity contribution in [2.45, 2.75) is 18.9 Å². The molecule has 3 N–H and O–H groups in total. The smallest absolute Gasteiger partial charge is 0.274 e. The molecule has 0 aliphatic carbocycles. The van der Waals surface area contributed by atoms with Crippen LogP contribution in [0.4, 0.5) is 15.8 Å². The van der Waals surface area contributed by atoms with E-state index in [0.717, 1.165) is 30.5 Å². The summed E-state index contributed by atoms with van der Waals surface area (Å²) >= 11 is 0. The number of nitrogens with one attached hydrogen (secondary N) is 1. The van der Waals surface area contributed by atoms with Gasteiger partial charge in [-0.15, -0.1) is 0 Å². The van der Waals surface area contributed by atoms with Gasteiger partial charge in [0.2, 0.25) is 0 Å². The fourth-order valence-corrected chi connectivity index (χ4v) is 4.77. The Balaban J connectivity index is 1.57. The zero-order valence-electron chi connectivity index (χ0n) is 20.4. The molecule has 0 saturated carbocycles. The van der Waals surface area contributed by atoms with Crippen LogP contribution in [0.5, 0.6) is 5.75 Å². The number of benzene rings is 2. The number of hydrogen-bond donors (Lipinski definition) is 2. The van der Waals surface area contributed by atoms with Crippen molar-refractivity contribution in [1.82, 2.24) is 19.7 Å². The van der Waals surface area contributed by atoms with E-state index in [9.17, 15) is 14.4 Å². The number of nitriles is 1. The number of anilines is 2. The van der Waals surface area contributed by atoms with E-state index < -0.39 is 11.7 Å². The summed E-state index contributed by atoms with van der Waals surface area (Å²) < 4.78 is 21.5. The SMILES string of the molecule is COc1cccc(F)c1-c1nccc(C(=O)Nc2cc(C#N)c3c(cnn3C)c2N2CCCC(N)C2)n1. The topological polar surface area (TPSA) is 135 Å². The average molecular weight is 501 g/mol. The van der Waals surface area contributed by atoms with Crippen LogP contribution in [0.25, 0.3) is 22.3 Å². The lowest BCUT2D eigenvalue weighted by Crippen LogP contribution is -2.43. The minimum atomic E-state index is -0.568. The van der Waals surface area contributed by atoms with Gasteiger partial charge in [0.1, 0.15) is 23.3 Å². The molecular formula is C26H25FN8O2. The standard InChI is InChI=1S/C26H25FN8O2/c1-34-23-15(12-28)11-20(24(17(23)13-31-34)35-10-4-5-16(29)14-35)33-26(36)19-8-9-30-25(32-19)22-18(27)6-3-7-21(22)37-2/h3,6-9,11,13,16H,4-5,10,14,29H2,1-2H3,(H,33,36). The number of fused-ring (bicyclic) bond motifs is 1. The Labute approximate surface area is 212 Å². The van der Waals surface area contributed by atoms with Crippen LogP contribution >= 0.6 is 0 Å². The van der Waals surface area contributed by atoms with Crippen molar-refractivity contribution >= 4 is 28.2 Å². The van der Waals surface area contributed by atoms with Gasteiger partial charge in [-0.2, -0.15) is 10.4 Å². The molecule has 0 radical (unpaired) electrons. The van der Waals surface area contributed by atoms with E-state index in [0.29, 0.717) is 23.3 Å². The maximum Gasteiger partial charge on any atom is 0.274 e. The summed E-state index contributed by atoms with van der Waals surface area (Å²) in [6, 6.07) is 9.65. The van der Waals surface area contributed by atoms with Gasteiger partial charge in [0.25, 0.3) is 5.91 Å². The molecule has 1 aliphatic heterocycles. The molecule has 1 fully saturated rings. The van der Waals surface area contributed by atoms with Crippen molar-refractivity contribution in [2.24, 2.45) is 12.8 Å². The lowest BCUT2D eigenvalue weighted by molar-refractivity contribution is 0.102. The van der Waals surface area contributed by atoms with Gasteiger partial charge in [-0.1, -0.05) is 6.07 Å². The number of amides is 1. The fourth-order valence-electron chi connectivity index (χ4n) is 4.77. The Morgan fingerprint density at radius 1 is 1.35 bits per heavy atom. The van der Waals surface area contributed by atoms with Crippen molar-refractivity contribution < 1.29 is 13.9 Å². The molecule has 188 valence electrons. The molecule has 1 atom stereocenters. The highest BCUT2D eigenvalue weighted by Crippen LogP contribution is 2.38. The van der Waals surface area contributed by atoms with Gasteiger partial charge in [0.05, 0.1) is 41.3 Å². The predicted molar refractivity (Wildman–Crippen MR) is 137 cm³/mol. The first-order valence-electron chi connectivity index (χ1n) is 11.8. The van der Waals surface area contributed by atoms with Crippen LogP contribution < -0.4 is 20.7 Å². The third kappa shape index (κ3) is 4.43. The summed E-state index contributed by atoms with van der Waals surface area (Å²) in [4.78, 5) is 24.0. The molecule has 2 aromatic carbocycles. The molecule has 0 spiro atoms. The summed E-state index contributed by atoms with van der Waals surface area (Å²) in [5.74, 6) is -0.831. The minimum absolute atomic E-state index is 0.0140. The van der Waals surface area contributed by atoms with E-state index in [1.165, 1.54) is 31.5 Å². The summed E-state index contributed by atoms with van der Waals surface area (Å²) in [6.07, 6.45) is 4.89. The van der Waals surface area contributed by atoms with E-state index >= 15 is 0 Å². The fraction of sp³-hybridized carbons (Fsp3) is 0.269. The Morgan fingerprint density at radius 2 is 2.19 bits per heavy atom. The maximum absolute atomic E-state index is 14.6. The number of hydrogen-bond acceptors (Lipinski definition) is 8. The third-order valence-electron chi connectivity index (χ3n) is 6.44. The Bertz CT molecular complexity index is 1540. The molecule has 37 heavy (non-hydrogen) atoms. The van der Waals surface area contributed by atoms with Gasteiger partial charge in [0, 0.05) is 37.8 Å². The van der Waals surface area contributed by atoms with Gasteiger partial charge in [0.15, 0.2) is 5.82 Å². The molecule has 2 aromatic heterocycles. The number of nitrogens with two attached hydrogens (primary N) is 1. The Kier molecular flexibility index (Phi) is 6.42. The number of methoxy groups -OCH3 is 1. The van der Waals surface area contributed by atoms with Crippen LogP contribution in [0.15, 0.2) is 42.7 Å². The van der Waals surface area contributed by atoms with Crippen molar-refractivity contribution in [1.29, 1.82) is 5.26 Å². The first-order valence-corrected chi connectivity index (χ1v) is 11.8. The summed E-state index contributed by atoms with van der Waals surface area (Å²) in [5, 5.41) is 17.8. The molecule has 3 heterocycles. The molecule has 1 amide bonds. The van der Waals surface area contributed by atoms with Crippen LogP contribution in [0.3, 0.4) is 0 Å². The van der Waals surface area contributed by atoms with Crippen molar-refractivity contribution in [2.75, 3.05) is 30.4 Å². The maximum atomic E-state index is 14.6. The lowest BCUT2D eigenvalue weighted by atomic mass is 10.0. The van der Waals surface area contributed by atoms with Crippen LogP contribution in [-0.4, -0.2) is 51.9 Å². The lowest BCUT2D eigenvalue weighted by Gasteiger charge is -2.34. The third-order valence-corrected chi connectivity index (χ3v) is 6.44. The van der Waals surface area contributed by atoms with E-state index in [1.54, 1.807) is 30.1 Å². The van der Waals surface area contributed by atoms with Crippen LogP contribution in [0.2, 0.25) is 0 Å². The highest BCUT2D eigenvalue weighted by Gasteiger charge is 2.26. The minimum Gasteiger partial charge on any atom is -0.496 e. The van der Waals surface area contributed by atoms with E-state index in [-0.39, 0.29) is 28.9 Å². The normalized spacial score (nSPS) is 15.4. The molecule has 4 aromatic rings. The van der Waals surface area contributed by atoms with Gasteiger partial charge >= 0.3 is 0 Å². The molecule has 1 saturated heterocycles.